The van der Waals surface area contributed by atoms with Crippen molar-refractivity contribution in [2.75, 3.05) is 37.4 Å². The number of hydrogen-bond acceptors (Lipinski definition) is 6. The number of fused-ring (bicyclic) bond motifs is 2. The van der Waals surface area contributed by atoms with E-state index in [0.29, 0.717) is 29.7 Å². The molecule has 0 radical (unpaired) electrons. The summed E-state index contributed by atoms with van der Waals surface area (Å²) in [6.45, 7) is 3.30. The first kappa shape index (κ1) is 15.9. The number of anilines is 2. The average Bonchev–Trinajstić information content (AvgIpc) is 3.11. The van der Waals surface area contributed by atoms with Crippen LogP contribution in [0.25, 0.3) is 0 Å². The summed E-state index contributed by atoms with van der Waals surface area (Å²) < 4.78 is 5.69. The van der Waals surface area contributed by atoms with Crippen molar-refractivity contribution < 1.29 is 4.74 Å². The summed E-state index contributed by atoms with van der Waals surface area (Å²) in [6, 6.07) is 11.1. The van der Waals surface area contributed by atoms with Crippen LogP contribution in [0.15, 0.2) is 36.5 Å². The number of hydrogen-bond donors (Lipinski definition) is 1. The summed E-state index contributed by atoms with van der Waals surface area (Å²) in [5.74, 6) is 3.38. The van der Waals surface area contributed by atoms with Gasteiger partial charge in [0.05, 0.1) is 13.2 Å². The second-order valence-corrected chi connectivity index (χ2v) is 7.64. The van der Waals surface area contributed by atoms with Crippen molar-refractivity contribution in [1.82, 2.24) is 14.9 Å². The molecule has 26 heavy (non-hydrogen) atoms. The highest BCUT2D eigenvalue weighted by Crippen LogP contribution is 2.48. The molecular weight excluding hydrogens is 326 g/mol. The average molecular weight is 351 g/mol. The van der Waals surface area contributed by atoms with E-state index in [0.717, 1.165) is 18.2 Å². The van der Waals surface area contributed by atoms with E-state index in [-0.39, 0.29) is 0 Å². The summed E-state index contributed by atoms with van der Waals surface area (Å²) in [5, 5.41) is 0. The van der Waals surface area contributed by atoms with Crippen molar-refractivity contribution in [2.45, 2.75) is 30.8 Å². The lowest BCUT2D eigenvalue weighted by Crippen LogP contribution is -2.60. The molecule has 1 aromatic carbocycles. The number of piperidine rings is 3. The molecule has 136 valence electrons. The number of nitrogens with two attached hydrogens (primary N) is 1. The number of ether oxygens (including phenoxy) is 1. The largest absolute Gasteiger partial charge is 0.496 e. The molecule has 5 heterocycles. The Balaban J connectivity index is 1.59. The highest BCUT2D eigenvalue weighted by Gasteiger charge is 2.54. The van der Waals surface area contributed by atoms with E-state index in [4.69, 9.17) is 10.5 Å². The molecule has 0 aliphatic carbocycles. The van der Waals surface area contributed by atoms with Crippen LogP contribution in [-0.4, -0.2) is 53.7 Å². The van der Waals surface area contributed by atoms with E-state index in [1.165, 1.54) is 31.5 Å². The van der Waals surface area contributed by atoms with Gasteiger partial charge in [0.1, 0.15) is 11.6 Å². The van der Waals surface area contributed by atoms with E-state index in [1.807, 2.05) is 6.07 Å². The van der Waals surface area contributed by atoms with Gasteiger partial charge in [-0.05, 0) is 44.0 Å². The van der Waals surface area contributed by atoms with Crippen LogP contribution >= 0.6 is 0 Å². The Labute approximate surface area is 154 Å². The molecular formula is C20H25N5O. The zero-order valence-electron chi connectivity index (χ0n) is 15.1. The van der Waals surface area contributed by atoms with Gasteiger partial charge in [-0.25, -0.2) is 4.98 Å². The van der Waals surface area contributed by atoms with Crippen molar-refractivity contribution in [3.8, 4) is 5.75 Å². The summed E-state index contributed by atoms with van der Waals surface area (Å²) in [4.78, 5) is 14.2. The molecule has 0 saturated carbocycles. The molecule has 3 atom stereocenters. The number of nitrogens with zero attached hydrogens (tertiary/aromatic N) is 4. The van der Waals surface area contributed by atoms with Gasteiger partial charge in [-0.1, -0.05) is 18.2 Å². The Morgan fingerprint density at radius 1 is 1.12 bits per heavy atom. The van der Waals surface area contributed by atoms with Crippen LogP contribution in [0.4, 0.5) is 11.8 Å². The minimum Gasteiger partial charge on any atom is -0.496 e. The predicted molar refractivity (Wildman–Crippen MR) is 101 cm³/mol. The van der Waals surface area contributed by atoms with Crippen LogP contribution in [0, 0.1) is 5.92 Å². The van der Waals surface area contributed by atoms with Crippen LogP contribution in [0.5, 0.6) is 5.75 Å². The third-order valence-electron chi connectivity index (χ3n) is 6.45. The maximum atomic E-state index is 5.95. The normalized spacial score (nSPS) is 32.5. The summed E-state index contributed by atoms with van der Waals surface area (Å²) >= 11 is 0. The molecule has 4 saturated heterocycles. The van der Waals surface area contributed by atoms with Gasteiger partial charge in [-0.2, -0.15) is 4.98 Å². The van der Waals surface area contributed by atoms with Crippen LogP contribution in [0.3, 0.4) is 0 Å². The first-order valence-electron chi connectivity index (χ1n) is 9.48. The molecule has 6 nitrogen and oxygen atoms in total. The Bertz CT molecular complexity index is 804. The maximum absolute atomic E-state index is 5.95. The van der Waals surface area contributed by atoms with Gasteiger partial charge < -0.3 is 15.4 Å². The maximum Gasteiger partial charge on any atom is 0.227 e. The van der Waals surface area contributed by atoms with E-state index in [9.17, 15) is 0 Å². The zero-order chi connectivity index (χ0) is 17.7. The first-order valence-corrected chi connectivity index (χ1v) is 9.48. The first-order chi connectivity index (χ1) is 12.8. The van der Waals surface area contributed by atoms with Crippen molar-refractivity contribution >= 4 is 11.8 Å². The fraction of sp³-hybridized carbons (Fsp3) is 0.500. The van der Waals surface area contributed by atoms with Gasteiger partial charge in [-0.3, -0.25) is 4.90 Å². The lowest BCUT2D eigenvalue weighted by molar-refractivity contribution is 0.0350. The van der Waals surface area contributed by atoms with Crippen molar-refractivity contribution in [3.05, 3.63) is 42.1 Å². The minimum absolute atomic E-state index is 0.393. The smallest absolute Gasteiger partial charge is 0.227 e. The fourth-order valence-electron chi connectivity index (χ4n) is 5.40. The molecule has 2 N–H and O–H groups in total. The van der Waals surface area contributed by atoms with Crippen LogP contribution in [-0.2, 0) is 0 Å². The van der Waals surface area contributed by atoms with Crippen LogP contribution < -0.4 is 15.4 Å². The third kappa shape index (κ3) is 2.35. The number of para-hydroxylation sites is 1. The zero-order valence-corrected chi connectivity index (χ0v) is 15.1. The highest BCUT2D eigenvalue weighted by atomic mass is 16.5. The van der Waals surface area contributed by atoms with Gasteiger partial charge in [0.2, 0.25) is 5.95 Å². The summed E-state index contributed by atoms with van der Waals surface area (Å²) in [5.41, 5.74) is 7.25. The monoisotopic (exact) mass is 351 g/mol. The van der Waals surface area contributed by atoms with Crippen LogP contribution in [0.2, 0.25) is 0 Å². The van der Waals surface area contributed by atoms with Crippen molar-refractivity contribution in [1.29, 1.82) is 0 Å². The molecule has 0 spiro atoms. The number of rotatable bonds is 3. The molecule has 6 heteroatoms. The van der Waals surface area contributed by atoms with E-state index < -0.39 is 0 Å². The SMILES string of the molecule is COc1ccccc1[C@@H]1CN(c2nccc(N)n2)[C@@H]2C3CCN(CC3)[C@@H]21. The highest BCUT2D eigenvalue weighted by molar-refractivity contribution is 5.48. The molecule has 2 bridgehead atoms. The van der Waals surface area contributed by atoms with Crippen LogP contribution in [0.1, 0.15) is 24.3 Å². The summed E-state index contributed by atoms with van der Waals surface area (Å²) in [6.07, 6.45) is 4.29. The Hall–Kier alpha value is -2.34. The van der Waals surface area contributed by atoms with Gasteiger partial charge in [0.25, 0.3) is 0 Å². The molecule has 4 fully saturated rings. The number of benzene rings is 1. The quantitative estimate of drug-likeness (QED) is 0.914. The number of aromatic nitrogens is 2. The predicted octanol–water partition coefficient (Wildman–Crippen LogP) is 2.13. The standard InChI is InChI=1S/C20H25N5O/c1-26-16-5-3-2-4-14(16)15-12-25(20-22-9-6-17(21)23-20)18-13-7-10-24(11-8-13)19(15)18/h2-6,9,13,15,18-19H,7-8,10-12H2,1H3,(H2,21,22,23)/t15-,18+,19+/m0/s1. The topological polar surface area (TPSA) is 67.5 Å². The van der Waals surface area contributed by atoms with Gasteiger partial charge in [-0.15, -0.1) is 0 Å². The lowest BCUT2D eigenvalue weighted by Gasteiger charge is -2.51. The Morgan fingerprint density at radius 3 is 2.69 bits per heavy atom. The van der Waals surface area contributed by atoms with Gasteiger partial charge >= 0.3 is 0 Å². The van der Waals surface area contributed by atoms with E-state index >= 15 is 0 Å². The lowest BCUT2D eigenvalue weighted by atomic mass is 9.75. The van der Waals surface area contributed by atoms with E-state index in [1.54, 1.807) is 19.4 Å². The van der Waals surface area contributed by atoms with Gasteiger partial charge in [0, 0.05) is 30.3 Å². The third-order valence-corrected chi connectivity index (χ3v) is 6.45. The molecule has 2 aromatic rings. The van der Waals surface area contributed by atoms with E-state index in [2.05, 4.69) is 38.0 Å². The van der Waals surface area contributed by atoms with Crippen molar-refractivity contribution in [2.24, 2.45) is 5.92 Å². The van der Waals surface area contributed by atoms with Gasteiger partial charge in [0.15, 0.2) is 0 Å². The second-order valence-electron chi connectivity index (χ2n) is 7.64. The summed E-state index contributed by atoms with van der Waals surface area (Å²) in [7, 11) is 1.76. The minimum atomic E-state index is 0.393. The Kier molecular flexibility index (Phi) is 3.74. The van der Waals surface area contributed by atoms with Crippen molar-refractivity contribution in [3.63, 3.8) is 0 Å². The molecule has 0 amide bonds. The number of methoxy groups -OCH3 is 1. The molecule has 0 unspecified atom stereocenters. The number of nitrogen functional groups attached to an aromatic ring is 1. The fourth-order valence-corrected chi connectivity index (χ4v) is 5.40. The molecule has 4 aliphatic heterocycles. The molecule has 6 rings (SSSR count). The molecule has 1 aromatic heterocycles. The second kappa shape index (κ2) is 6.13. The Morgan fingerprint density at radius 2 is 1.92 bits per heavy atom. The molecule has 4 aliphatic rings.